The first-order chi connectivity index (χ1) is 10.7. The lowest BCUT2D eigenvalue weighted by atomic mass is 10.2. The van der Waals surface area contributed by atoms with E-state index >= 15 is 0 Å². The maximum atomic E-state index is 12.9. The van der Waals surface area contributed by atoms with Crippen LogP contribution < -0.4 is 5.32 Å². The summed E-state index contributed by atoms with van der Waals surface area (Å²) in [4.78, 5) is 5.27. The van der Waals surface area contributed by atoms with E-state index in [1.165, 1.54) is 23.5 Å². The minimum Gasteiger partial charge on any atom is -0.391 e. The van der Waals surface area contributed by atoms with Gasteiger partial charge in [-0.25, -0.2) is 13.9 Å². The molecule has 114 valence electrons. The Kier molecular flexibility index (Phi) is 3.31. The lowest BCUT2D eigenvalue weighted by Crippen LogP contribution is -2.21. The van der Waals surface area contributed by atoms with Crippen molar-refractivity contribution in [1.29, 1.82) is 0 Å². The number of anilines is 1. The molecule has 0 spiro atoms. The van der Waals surface area contributed by atoms with Crippen LogP contribution in [-0.4, -0.2) is 32.4 Å². The van der Waals surface area contributed by atoms with Crippen molar-refractivity contribution in [2.24, 2.45) is 5.92 Å². The van der Waals surface area contributed by atoms with E-state index < -0.39 is 0 Å². The molecule has 22 heavy (non-hydrogen) atoms. The number of nitrogens with one attached hydrogen (secondary N) is 1. The Morgan fingerprint density at radius 3 is 2.82 bits per heavy atom. The van der Waals surface area contributed by atoms with E-state index in [4.69, 9.17) is 0 Å². The minimum atomic E-state index is -0.300. The standard InChI is InChI=1S/C15H15FN4OS/c16-11-5-3-9(4-6-11)12-8-20-15(18-12)22-14(19-20)17-7-13(21)10-1-2-10/h3-6,8,10,13,21H,1-2,7H2,(H,17,19). The van der Waals surface area contributed by atoms with Crippen LogP contribution in [0.1, 0.15) is 12.8 Å². The molecule has 2 N–H and O–H groups in total. The molecule has 4 rings (SSSR count). The first kappa shape index (κ1) is 13.7. The number of hydrogen-bond donors (Lipinski definition) is 2. The van der Waals surface area contributed by atoms with E-state index in [0.717, 1.165) is 34.2 Å². The monoisotopic (exact) mass is 318 g/mol. The third-order valence-corrected chi connectivity index (χ3v) is 4.69. The number of hydrogen-bond acceptors (Lipinski definition) is 5. The molecular formula is C15H15FN4OS. The molecule has 1 unspecified atom stereocenters. The van der Waals surface area contributed by atoms with Gasteiger partial charge in [0.1, 0.15) is 5.82 Å². The Labute approximate surface area is 130 Å². The number of halogens is 1. The summed E-state index contributed by atoms with van der Waals surface area (Å²) in [5, 5.41) is 18.2. The van der Waals surface area contributed by atoms with Gasteiger partial charge in [-0.15, -0.1) is 5.10 Å². The maximum absolute atomic E-state index is 12.9. The third-order valence-electron chi connectivity index (χ3n) is 3.81. The molecule has 2 aromatic heterocycles. The molecule has 1 atom stereocenters. The molecule has 1 fully saturated rings. The molecule has 7 heteroatoms. The fraction of sp³-hybridized carbons (Fsp3) is 0.333. The smallest absolute Gasteiger partial charge is 0.214 e. The average molecular weight is 318 g/mol. The number of aromatic nitrogens is 3. The van der Waals surface area contributed by atoms with Crippen LogP contribution in [0.5, 0.6) is 0 Å². The summed E-state index contributed by atoms with van der Waals surface area (Å²) in [5.41, 5.74) is 1.63. The van der Waals surface area contributed by atoms with Gasteiger partial charge in [0, 0.05) is 12.1 Å². The van der Waals surface area contributed by atoms with E-state index in [-0.39, 0.29) is 11.9 Å². The van der Waals surface area contributed by atoms with Gasteiger partial charge >= 0.3 is 0 Å². The summed E-state index contributed by atoms with van der Waals surface area (Å²) in [6.07, 6.45) is 3.75. The Morgan fingerprint density at radius 2 is 2.14 bits per heavy atom. The second-order valence-electron chi connectivity index (χ2n) is 5.55. The predicted molar refractivity (Wildman–Crippen MR) is 83.5 cm³/mol. The first-order valence-corrected chi connectivity index (χ1v) is 8.05. The van der Waals surface area contributed by atoms with Gasteiger partial charge in [-0.3, -0.25) is 0 Å². The zero-order valence-electron chi connectivity index (χ0n) is 11.7. The molecule has 0 radical (unpaired) electrons. The van der Waals surface area contributed by atoms with Gasteiger partial charge in [-0.05, 0) is 43.0 Å². The van der Waals surface area contributed by atoms with Crippen LogP contribution in [0, 0.1) is 11.7 Å². The Bertz CT molecular complexity index is 762. The van der Waals surface area contributed by atoms with Crippen molar-refractivity contribution in [1.82, 2.24) is 14.6 Å². The number of rotatable bonds is 5. The molecule has 1 saturated carbocycles. The summed E-state index contributed by atoms with van der Waals surface area (Å²) < 4.78 is 14.6. The van der Waals surface area contributed by atoms with E-state index in [1.54, 1.807) is 16.6 Å². The highest BCUT2D eigenvalue weighted by Crippen LogP contribution is 2.33. The van der Waals surface area contributed by atoms with Crippen molar-refractivity contribution in [3.05, 3.63) is 36.3 Å². The average Bonchev–Trinajstić information content (AvgIpc) is 3.18. The molecule has 1 aliphatic rings. The van der Waals surface area contributed by atoms with Gasteiger partial charge in [0.25, 0.3) is 0 Å². The number of aliphatic hydroxyl groups is 1. The van der Waals surface area contributed by atoms with Gasteiger partial charge < -0.3 is 10.4 Å². The van der Waals surface area contributed by atoms with Crippen molar-refractivity contribution < 1.29 is 9.50 Å². The van der Waals surface area contributed by atoms with Crippen LogP contribution in [-0.2, 0) is 0 Å². The number of nitrogens with zero attached hydrogens (tertiary/aromatic N) is 3. The molecule has 1 aromatic carbocycles. The Morgan fingerprint density at radius 1 is 1.36 bits per heavy atom. The molecule has 1 aliphatic carbocycles. The highest BCUT2D eigenvalue weighted by molar-refractivity contribution is 7.20. The van der Waals surface area contributed by atoms with E-state index in [9.17, 15) is 9.50 Å². The largest absolute Gasteiger partial charge is 0.391 e. The van der Waals surface area contributed by atoms with Crippen LogP contribution in [0.3, 0.4) is 0 Å². The van der Waals surface area contributed by atoms with Crippen LogP contribution in [0.4, 0.5) is 9.52 Å². The van der Waals surface area contributed by atoms with Gasteiger partial charge in [-0.1, -0.05) is 11.3 Å². The fourth-order valence-corrected chi connectivity index (χ4v) is 3.16. The lowest BCUT2D eigenvalue weighted by molar-refractivity contribution is 0.164. The van der Waals surface area contributed by atoms with Crippen molar-refractivity contribution in [2.75, 3.05) is 11.9 Å². The van der Waals surface area contributed by atoms with Crippen LogP contribution in [0.2, 0.25) is 0 Å². The lowest BCUT2D eigenvalue weighted by Gasteiger charge is -2.08. The SMILES string of the molecule is OC(CNc1nn2cc(-c3ccc(F)cc3)nc2s1)C1CC1. The van der Waals surface area contributed by atoms with E-state index in [1.807, 2.05) is 6.20 Å². The molecule has 3 aromatic rings. The molecule has 2 heterocycles. The second kappa shape index (κ2) is 5.33. The van der Waals surface area contributed by atoms with Gasteiger partial charge in [0.2, 0.25) is 10.1 Å². The van der Waals surface area contributed by atoms with Crippen LogP contribution in [0.25, 0.3) is 16.2 Å². The second-order valence-corrected chi connectivity index (χ2v) is 6.51. The fourth-order valence-electron chi connectivity index (χ4n) is 2.37. The van der Waals surface area contributed by atoms with Gasteiger partial charge in [0.15, 0.2) is 0 Å². The zero-order chi connectivity index (χ0) is 15.1. The van der Waals surface area contributed by atoms with Crippen LogP contribution in [0.15, 0.2) is 30.5 Å². The third kappa shape index (κ3) is 2.69. The molecular weight excluding hydrogens is 303 g/mol. The highest BCUT2D eigenvalue weighted by Gasteiger charge is 2.29. The molecule has 0 aliphatic heterocycles. The summed E-state index contributed by atoms with van der Waals surface area (Å²) in [6, 6.07) is 6.24. The highest BCUT2D eigenvalue weighted by atomic mass is 32.1. The minimum absolute atomic E-state index is 0.261. The van der Waals surface area contributed by atoms with E-state index in [2.05, 4.69) is 15.4 Å². The quantitative estimate of drug-likeness (QED) is 0.759. The first-order valence-electron chi connectivity index (χ1n) is 7.23. The Balaban J connectivity index is 1.50. The number of imidazole rings is 1. The number of aliphatic hydroxyl groups excluding tert-OH is 1. The zero-order valence-corrected chi connectivity index (χ0v) is 12.6. The summed E-state index contributed by atoms with van der Waals surface area (Å²) in [6.45, 7) is 0.520. The van der Waals surface area contributed by atoms with Crippen molar-refractivity contribution >= 4 is 21.4 Å². The molecule has 5 nitrogen and oxygen atoms in total. The maximum Gasteiger partial charge on any atom is 0.214 e. The predicted octanol–water partition coefficient (Wildman–Crippen LogP) is 2.78. The summed E-state index contributed by atoms with van der Waals surface area (Å²) in [7, 11) is 0. The number of fused-ring (bicyclic) bond motifs is 1. The van der Waals surface area contributed by atoms with Gasteiger partial charge in [0.05, 0.1) is 18.0 Å². The number of benzene rings is 1. The summed E-state index contributed by atoms with van der Waals surface area (Å²) in [5.74, 6) is 0.185. The van der Waals surface area contributed by atoms with Gasteiger partial charge in [-0.2, -0.15) is 0 Å². The molecule has 0 saturated heterocycles. The normalized spacial score (nSPS) is 16.1. The molecule has 0 amide bonds. The van der Waals surface area contributed by atoms with Crippen LogP contribution >= 0.6 is 11.3 Å². The molecule has 0 bridgehead atoms. The van der Waals surface area contributed by atoms with Crippen molar-refractivity contribution in [2.45, 2.75) is 18.9 Å². The Hall–Kier alpha value is -1.99. The summed E-state index contributed by atoms with van der Waals surface area (Å²) >= 11 is 1.43. The van der Waals surface area contributed by atoms with E-state index in [0.29, 0.717) is 12.5 Å². The van der Waals surface area contributed by atoms with Crippen molar-refractivity contribution in [3.63, 3.8) is 0 Å². The van der Waals surface area contributed by atoms with Crippen molar-refractivity contribution in [3.8, 4) is 11.3 Å². The topological polar surface area (TPSA) is 62.5 Å².